The van der Waals surface area contributed by atoms with Gasteiger partial charge in [0.25, 0.3) is 0 Å². The summed E-state index contributed by atoms with van der Waals surface area (Å²) >= 11 is 0. The molecular formula is C28H53NO4Si2. The largest absolute Gasteiger partial charge is 0.544 e. The van der Waals surface area contributed by atoms with E-state index in [0.717, 1.165) is 18.6 Å². The van der Waals surface area contributed by atoms with Crippen molar-refractivity contribution in [1.29, 1.82) is 0 Å². The highest BCUT2D eigenvalue weighted by Gasteiger charge is 2.44. The molecule has 0 aliphatic heterocycles. The molecule has 0 saturated carbocycles. The molecule has 0 fully saturated rings. The molecule has 7 heteroatoms. The maximum Gasteiger partial charge on any atom is 0.408 e. The summed E-state index contributed by atoms with van der Waals surface area (Å²) in [7, 11) is -3.24. The lowest BCUT2D eigenvalue weighted by atomic mass is 9.75. The molecule has 0 aliphatic carbocycles. The molecule has 0 saturated heterocycles. The smallest absolute Gasteiger partial charge is 0.408 e. The third-order valence-corrected chi connectivity index (χ3v) is 11.8. The van der Waals surface area contributed by atoms with Crippen LogP contribution in [0.15, 0.2) is 24.3 Å². The Labute approximate surface area is 218 Å². The SMILES string of the molecule is C[SiH](C)OC(C(C)(C)C)[C@@](C)(CCc1ccc(O[Si](C)(C)C(C)(C)C)cc1)NC(=O)OC(C)(C)C. The van der Waals surface area contributed by atoms with Crippen LogP contribution in [0.2, 0.25) is 31.2 Å². The van der Waals surface area contributed by atoms with Crippen LogP contribution in [0.4, 0.5) is 4.79 Å². The molecular weight excluding hydrogens is 470 g/mol. The summed E-state index contributed by atoms with van der Waals surface area (Å²) in [6, 6.07) is 8.43. The van der Waals surface area contributed by atoms with Gasteiger partial charge in [0, 0.05) is 0 Å². The quantitative estimate of drug-likeness (QED) is 0.337. The van der Waals surface area contributed by atoms with E-state index in [-0.39, 0.29) is 16.6 Å². The first kappa shape index (κ1) is 31.7. The fraction of sp³-hybridized carbons (Fsp3) is 0.750. The van der Waals surface area contributed by atoms with Gasteiger partial charge in [-0.05, 0) is 94.9 Å². The Bertz CT molecular complexity index is 817. The molecule has 0 spiro atoms. The molecule has 1 aromatic rings. The zero-order chi connectivity index (χ0) is 27.5. The second kappa shape index (κ2) is 11.4. The van der Waals surface area contributed by atoms with Gasteiger partial charge in [0.2, 0.25) is 8.32 Å². The molecule has 1 N–H and O–H groups in total. The predicted molar refractivity (Wildman–Crippen MR) is 154 cm³/mol. The number of alkyl carbamates (subject to hydrolysis) is 1. The van der Waals surface area contributed by atoms with Crippen LogP contribution in [0, 0.1) is 5.41 Å². The van der Waals surface area contributed by atoms with Crippen LogP contribution >= 0.6 is 0 Å². The summed E-state index contributed by atoms with van der Waals surface area (Å²) in [4.78, 5) is 12.9. The van der Waals surface area contributed by atoms with E-state index in [1.54, 1.807) is 0 Å². The fourth-order valence-electron chi connectivity index (χ4n) is 3.95. The number of aryl methyl sites for hydroxylation is 1. The molecule has 5 nitrogen and oxygen atoms in total. The Kier molecular flexibility index (Phi) is 10.3. The lowest BCUT2D eigenvalue weighted by Crippen LogP contribution is -2.61. The molecule has 1 rings (SSSR count). The average Bonchev–Trinajstić information content (AvgIpc) is 2.61. The van der Waals surface area contributed by atoms with Gasteiger partial charge >= 0.3 is 6.09 Å². The fourth-order valence-corrected chi connectivity index (χ4v) is 6.24. The molecule has 202 valence electrons. The third kappa shape index (κ3) is 10.3. The zero-order valence-electron chi connectivity index (χ0n) is 25.0. The number of benzene rings is 1. The van der Waals surface area contributed by atoms with Crippen LogP contribution in [0.25, 0.3) is 0 Å². The Hall–Kier alpha value is -1.32. The molecule has 35 heavy (non-hydrogen) atoms. The summed E-state index contributed by atoms with van der Waals surface area (Å²) in [6.07, 6.45) is 0.997. The van der Waals surface area contributed by atoms with E-state index in [0.29, 0.717) is 0 Å². The van der Waals surface area contributed by atoms with E-state index in [4.69, 9.17) is 13.6 Å². The maximum absolute atomic E-state index is 12.9. The van der Waals surface area contributed by atoms with Crippen LogP contribution in [-0.2, 0) is 15.6 Å². The van der Waals surface area contributed by atoms with E-state index in [9.17, 15) is 4.79 Å². The normalized spacial score (nSPS) is 16.0. The van der Waals surface area contributed by atoms with Gasteiger partial charge in [0.1, 0.15) is 11.4 Å². The van der Waals surface area contributed by atoms with Crippen LogP contribution in [-0.4, -0.2) is 40.7 Å². The Morgan fingerprint density at radius 1 is 0.943 bits per heavy atom. The number of rotatable bonds is 9. The van der Waals surface area contributed by atoms with Crippen LogP contribution < -0.4 is 9.74 Å². The van der Waals surface area contributed by atoms with Crippen molar-refractivity contribution in [3.05, 3.63) is 29.8 Å². The number of amides is 1. The van der Waals surface area contributed by atoms with Crippen molar-refractivity contribution < 1.29 is 18.4 Å². The first-order chi connectivity index (χ1) is 15.6. The lowest BCUT2D eigenvalue weighted by molar-refractivity contribution is -0.00965. The maximum atomic E-state index is 12.9. The monoisotopic (exact) mass is 523 g/mol. The van der Waals surface area contributed by atoms with Crippen molar-refractivity contribution in [2.75, 3.05) is 0 Å². The Morgan fingerprint density at radius 2 is 1.46 bits per heavy atom. The Balaban J connectivity index is 3.14. The summed E-state index contributed by atoms with van der Waals surface area (Å²) < 4.78 is 18.6. The molecule has 0 bridgehead atoms. The van der Waals surface area contributed by atoms with Gasteiger partial charge in [-0.25, -0.2) is 4.79 Å². The molecule has 0 radical (unpaired) electrons. The van der Waals surface area contributed by atoms with Crippen LogP contribution in [0.5, 0.6) is 5.75 Å². The molecule has 0 heterocycles. The zero-order valence-corrected chi connectivity index (χ0v) is 27.2. The topological polar surface area (TPSA) is 56.8 Å². The van der Waals surface area contributed by atoms with Crippen LogP contribution in [0.3, 0.4) is 0 Å². The second-order valence-corrected chi connectivity index (χ2v) is 21.1. The minimum atomic E-state index is -1.88. The van der Waals surface area contributed by atoms with Crippen molar-refractivity contribution in [2.24, 2.45) is 5.41 Å². The van der Waals surface area contributed by atoms with Crippen molar-refractivity contribution >= 4 is 23.5 Å². The summed E-state index contributed by atoms with van der Waals surface area (Å²) in [6.45, 7) is 29.9. The number of carbonyl (C=O) groups is 1. The Morgan fingerprint density at radius 3 is 1.86 bits per heavy atom. The van der Waals surface area contributed by atoms with E-state index in [1.807, 2.05) is 20.8 Å². The van der Waals surface area contributed by atoms with Gasteiger partial charge in [-0.15, -0.1) is 0 Å². The lowest BCUT2D eigenvalue weighted by Gasteiger charge is -2.46. The number of carbonyl (C=O) groups excluding carboxylic acids is 1. The highest BCUT2D eigenvalue weighted by atomic mass is 28.4. The van der Waals surface area contributed by atoms with Gasteiger partial charge in [0.05, 0.1) is 11.6 Å². The van der Waals surface area contributed by atoms with Crippen molar-refractivity contribution in [3.8, 4) is 5.75 Å². The van der Waals surface area contributed by atoms with Gasteiger partial charge in [0.15, 0.2) is 9.04 Å². The molecule has 1 unspecified atom stereocenters. The number of ether oxygens (including phenoxy) is 1. The second-order valence-electron chi connectivity index (χ2n) is 14.0. The van der Waals surface area contributed by atoms with Crippen LogP contribution in [0.1, 0.15) is 81.2 Å². The number of nitrogens with one attached hydrogen (secondary N) is 1. The highest BCUT2D eigenvalue weighted by molar-refractivity contribution is 6.74. The highest BCUT2D eigenvalue weighted by Crippen LogP contribution is 2.38. The minimum absolute atomic E-state index is 0.143. The minimum Gasteiger partial charge on any atom is -0.544 e. The average molecular weight is 524 g/mol. The third-order valence-electron chi connectivity index (χ3n) is 6.60. The summed E-state index contributed by atoms with van der Waals surface area (Å²) in [5, 5.41) is 3.36. The molecule has 0 aliphatic rings. The van der Waals surface area contributed by atoms with E-state index < -0.39 is 34.6 Å². The molecule has 1 amide bonds. The standard InChI is InChI=1S/C28H53NO4Si2/c1-25(2,3)23(32-34(11)12)28(10,29-24(30)31-26(4,5)6)20-19-21-15-17-22(18-16-21)33-35(13,14)27(7,8)9/h15-18,23,34H,19-20H2,1-14H3,(H,29,30)/t23?,28-/m1/s1. The first-order valence-electron chi connectivity index (χ1n) is 13.0. The predicted octanol–water partition coefficient (Wildman–Crippen LogP) is 7.70. The molecule has 1 aromatic carbocycles. The van der Waals surface area contributed by atoms with Crippen molar-refractivity contribution in [1.82, 2.24) is 5.32 Å². The van der Waals surface area contributed by atoms with Gasteiger partial charge in [-0.3, -0.25) is 0 Å². The first-order valence-corrected chi connectivity index (χ1v) is 18.7. The summed E-state index contributed by atoms with van der Waals surface area (Å²) in [5.41, 5.74) is -0.0921. The van der Waals surface area contributed by atoms with Gasteiger partial charge < -0.3 is 18.9 Å². The van der Waals surface area contributed by atoms with E-state index in [1.165, 1.54) is 5.56 Å². The molecule has 0 aromatic heterocycles. The summed E-state index contributed by atoms with van der Waals surface area (Å²) in [5.74, 6) is 0.927. The number of hydrogen-bond acceptors (Lipinski definition) is 4. The van der Waals surface area contributed by atoms with Crippen molar-refractivity contribution in [3.63, 3.8) is 0 Å². The van der Waals surface area contributed by atoms with E-state index >= 15 is 0 Å². The van der Waals surface area contributed by atoms with E-state index in [2.05, 4.69) is 104 Å². The van der Waals surface area contributed by atoms with Crippen molar-refractivity contribution in [2.45, 2.75) is 131 Å². The molecule has 2 atom stereocenters. The number of hydrogen-bond donors (Lipinski definition) is 1. The van der Waals surface area contributed by atoms with Gasteiger partial charge in [-0.1, -0.05) is 53.7 Å². The van der Waals surface area contributed by atoms with Gasteiger partial charge in [-0.2, -0.15) is 0 Å².